The zero-order valence-electron chi connectivity index (χ0n) is 8.86. The van der Waals surface area contributed by atoms with E-state index in [4.69, 9.17) is 0 Å². The van der Waals surface area contributed by atoms with Crippen molar-refractivity contribution in [2.75, 3.05) is 13.2 Å². The second-order valence-electron chi connectivity index (χ2n) is 3.35. The predicted molar refractivity (Wildman–Crippen MR) is 52.9 cm³/mol. The molecule has 0 radical (unpaired) electrons. The van der Waals surface area contributed by atoms with Gasteiger partial charge in [-0.3, -0.25) is 14.9 Å². The number of hydrogen-bond acceptors (Lipinski definition) is 5. The van der Waals surface area contributed by atoms with E-state index in [2.05, 4.69) is 11.3 Å². The van der Waals surface area contributed by atoms with E-state index in [1.807, 2.05) is 0 Å². The van der Waals surface area contributed by atoms with Crippen molar-refractivity contribution in [3.8, 4) is 0 Å². The van der Waals surface area contributed by atoms with Gasteiger partial charge in [-0.05, 0) is 13.8 Å². The third kappa shape index (κ3) is 5.11. The van der Waals surface area contributed by atoms with E-state index in [1.54, 1.807) is 6.92 Å². The summed E-state index contributed by atoms with van der Waals surface area (Å²) in [5, 5.41) is 19.9. The number of nitro groups is 1. The highest BCUT2D eigenvalue weighted by Gasteiger charge is 2.31. The van der Waals surface area contributed by atoms with Crippen LogP contribution in [0.25, 0.3) is 0 Å². The third-order valence-corrected chi connectivity index (χ3v) is 1.88. The number of aliphatic hydroxyl groups is 1. The Bertz CT molecular complexity index is 272. The lowest BCUT2D eigenvalue weighted by atomic mass is 9.93. The Kier molecular flexibility index (Phi) is 4.93. The van der Waals surface area contributed by atoms with Crippen LogP contribution in [0, 0.1) is 10.1 Å². The molecule has 0 aromatic rings. The minimum atomic E-state index is -1.60. The van der Waals surface area contributed by atoms with E-state index in [-0.39, 0.29) is 18.6 Å². The fourth-order valence-electron chi connectivity index (χ4n) is 0.944. The van der Waals surface area contributed by atoms with E-state index in [9.17, 15) is 20.0 Å². The van der Waals surface area contributed by atoms with Gasteiger partial charge in [-0.25, -0.2) is 0 Å². The molecule has 0 fully saturated rings. The van der Waals surface area contributed by atoms with Crippen molar-refractivity contribution in [3.63, 3.8) is 0 Å². The number of esters is 1. The molecule has 0 amide bonds. The molecule has 0 aliphatic rings. The van der Waals surface area contributed by atoms with Gasteiger partial charge in [0.2, 0.25) is 6.54 Å². The number of hydrogen-bond donors (Lipinski definition) is 1. The Balaban J connectivity index is 4.33. The summed E-state index contributed by atoms with van der Waals surface area (Å²) >= 11 is 0. The molecule has 0 rings (SSSR count). The number of rotatable bonds is 6. The third-order valence-electron chi connectivity index (χ3n) is 1.88. The minimum Gasteiger partial charge on any atom is -0.466 e. The molecule has 0 saturated carbocycles. The molecule has 0 heterocycles. The molecule has 0 saturated heterocycles. The molecule has 1 N–H and O–H groups in total. The second kappa shape index (κ2) is 5.45. The Labute approximate surface area is 87.7 Å². The Hall–Kier alpha value is -1.43. The number of ether oxygens (including phenoxy) is 1. The van der Waals surface area contributed by atoms with Gasteiger partial charge >= 0.3 is 5.97 Å². The maximum atomic E-state index is 11.1. The molecule has 1 unspecified atom stereocenters. The van der Waals surface area contributed by atoms with Gasteiger partial charge in [0.05, 0.1) is 18.6 Å². The number of carbonyl (C=O) groups is 1. The van der Waals surface area contributed by atoms with E-state index in [0.29, 0.717) is 0 Å². The summed E-state index contributed by atoms with van der Waals surface area (Å²) in [7, 11) is 0. The van der Waals surface area contributed by atoms with Crippen LogP contribution in [0.2, 0.25) is 0 Å². The van der Waals surface area contributed by atoms with Gasteiger partial charge in [-0.2, -0.15) is 0 Å². The average Bonchev–Trinajstić information content (AvgIpc) is 2.01. The molecule has 0 bridgehead atoms. The normalized spacial score (nSPS) is 14.1. The molecule has 0 spiro atoms. The quantitative estimate of drug-likeness (QED) is 0.303. The number of nitrogens with zero attached hydrogens (tertiary/aromatic N) is 1. The van der Waals surface area contributed by atoms with Gasteiger partial charge in [-0.1, -0.05) is 6.58 Å². The monoisotopic (exact) mass is 217 g/mol. The molecule has 0 aliphatic heterocycles. The van der Waals surface area contributed by atoms with Crippen molar-refractivity contribution in [3.05, 3.63) is 22.3 Å². The second-order valence-corrected chi connectivity index (χ2v) is 3.35. The van der Waals surface area contributed by atoms with Gasteiger partial charge in [0.25, 0.3) is 0 Å². The smallest absolute Gasteiger partial charge is 0.309 e. The van der Waals surface area contributed by atoms with Crippen molar-refractivity contribution in [1.82, 2.24) is 0 Å². The van der Waals surface area contributed by atoms with E-state index >= 15 is 0 Å². The van der Waals surface area contributed by atoms with Gasteiger partial charge in [0.1, 0.15) is 0 Å². The number of carbonyl (C=O) groups excluding carboxylic acids is 1. The molecule has 0 aromatic carbocycles. The molecule has 15 heavy (non-hydrogen) atoms. The van der Waals surface area contributed by atoms with Crippen LogP contribution in [-0.2, 0) is 9.53 Å². The van der Waals surface area contributed by atoms with Crippen LogP contribution in [0.1, 0.15) is 20.3 Å². The largest absolute Gasteiger partial charge is 0.466 e. The zero-order chi connectivity index (χ0) is 12.1. The summed E-state index contributed by atoms with van der Waals surface area (Å²) in [4.78, 5) is 20.6. The fraction of sp³-hybridized carbons (Fsp3) is 0.667. The van der Waals surface area contributed by atoms with Gasteiger partial charge in [0.15, 0.2) is 0 Å². The summed E-state index contributed by atoms with van der Waals surface area (Å²) < 4.78 is 4.62. The molecular weight excluding hydrogens is 202 g/mol. The first kappa shape index (κ1) is 13.6. The van der Waals surface area contributed by atoms with Crippen molar-refractivity contribution in [2.45, 2.75) is 25.9 Å². The van der Waals surface area contributed by atoms with Crippen LogP contribution in [0.4, 0.5) is 0 Å². The maximum absolute atomic E-state index is 11.1. The first-order valence-corrected chi connectivity index (χ1v) is 4.47. The first-order chi connectivity index (χ1) is 6.79. The van der Waals surface area contributed by atoms with Crippen molar-refractivity contribution < 1.29 is 19.6 Å². The fourth-order valence-corrected chi connectivity index (χ4v) is 0.944. The standard InChI is InChI=1S/C9H15NO5/c1-4-15-8(11)5-9(3,12)7(2)6-10(13)14/h12H,2,4-6H2,1,3H3. The van der Waals surface area contributed by atoms with Crippen LogP contribution in [0.15, 0.2) is 12.2 Å². The van der Waals surface area contributed by atoms with E-state index in [0.717, 1.165) is 0 Å². The molecule has 0 aliphatic carbocycles. The molecule has 6 nitrogen and oxygen atoms in total. The van der Waals surface area contributed by atoms with Gasteiger partial charge in [0, 0.05) is 10.5 Å². The topological polar surface area (TPSA) is 89.7 Å². The summed E-state index contributed by atoms with van der Waals surface area (Å²) in [6.45, 7) is 5.96. The Morgan fingerprint density at radius 1 is 1.67 bits per heavy atom. The highest BCUT2D eigenvalue weighted by atomic mass is 16.6. The molecule has 0 aromatic heterocycles. The van der Waals surface area contributed by atoms with Crippen molar-refractivity contribution in [2.24, 2.45) is 0 Å². The highest BCUT2D eigenvalue weighted by Crippen LogP contribution is 2.19. The first-order valence-electron chi connectivity index (χ1n) is 4.47. The summed E-state index contributed by atoms with van der Waals surface area (Å²) in [6.07, 6.45) is -0.326. The van der Waals surface area contributed by atoms with Crippen LogP contribution in [0.3, 0.4) is 0 Å². The lowest BCUT2D eigenvalue weighted by Crippen LogP contribution is -2.33. The van der Waals surface area contributed by atoms with Crippen LogP contribution < -0.4 is 0 Å². The Morgan fingerprint density at radius 3 is 2.60 bits per heavy atom. The van der Waals surface area contributed by atoms with E-state index < -0.39 is 23.0 Å². The van der Waals surface area contributed by atoms with Gasteiger partial charge < -0.3 is 9.84 Å². The van der Waals surface area contributed by atoms with E-state index in [1.165, 1.54) is 6.92 Å². The lowest BCUT2D eigenvalue weighted by molar-refractivity contribution is -0.472. The minimum absolute atomic E-state index is 0.0134. The van der Waals surface area contributed by atoms with Crippen molar-refractivity contribution >= 4 is 5.97 Å². The average molecular weight is 217 g/mol. The van der Waals surface area contributed by atoms with Crippen LogP contribution in [-0.4, -0.2) is 34.8 Å². The summed E-state index contributed by atoms with van der Waals surface area (Å²) in [5.41, 5.74) is -1.61. The maximum Gasteiger partial charge on any atom is 0.309 e. The molecule has 6 heteroatoms. The van der Waals surface area contributed by atoms with Crippen LogP contribution >= 0.6 is 0 Å². The Morgan fingerprint density at radius 2 is 2.20 bits per heavy atom. The molecule has 1 atom stereocenters. The molecular formula is C9H15NO5. The lowest BCUT2D eigenvalue weighted by Gasteiger charge is -2.22. The zero-order valence-corrected chi connectivity index (χ0v) is 8.86. The summed E-state index contributed by atoms with van der Waals surface area (Å²) in [6, 6.07) is 0. The molecule has 86 valence electrons. The van der Waals surface area contributed by atoms with Crippen molar-refractivity contribution in [1.29, 1.82) is 0 Å². The highest BCUT2D eigenvalue weighted by molar-refractivity contribution is 5.71. The summed E-state index contributed by atoms with van der Waals surface area (Å²) in [5.74, 6) is -0.605. The van der Waals surface area contributed by atoms with Gasteiger partial charge in [-0.15, -0.1) is 0 Å². The predicted octanol–water partition coefficient (Wildman–Crippen LogP) is 0.524. The SMILES string of the molecule is C=C(C[N+](=O)[O-])C(C)(O)CC(=O)OCC. The van der Waals surface area contributed by atoms with Crippen LogP contribution in [0.5, 0.6) is 0 Å².